The van der Waals surface area contributed by atoms with Crippen LogP contribution in [-0.2, 0) is 16.8 Å². The minimum absolute atomic E-state index is 0.0706. The number of halogens is 5. The number of nitrogens with zero attached hydrogens (tertiary/aromatic N) is 2. The van der Waals surface area contributed by atoms with Crippen molar-refractivity contribution >= 4 is 5.91 Å². The van der Waals surface area contributed by atoms with Crippen LogP contribution in [0.2, 0.25) is 0 Å². The molecule has 1 fully saturated rings. The van der Waals surface area contributed by atoms with Crippen molar-refractivity contribution in [2.75, 3.05) is 0 Å². The lowest BCUT2D eigenvalue weighted by Gasteiger charge is -2.37. The van der Waals surface area contributed by atoms with Crippen LogP contribution >= 0.6 is 0 Å². The smallest absolute Gasteiger partial charge is 0.253 e. The maximum atomic E-state index is 14.3. The lowest BCUT2D eigenvalue weighted by molar-refractivity contribution is -0.694. The third-order valence-corrected chi connectivity index (χ3v) is 8.08. The van der Waals surface area contributed by atoms with Gasteiger partial charge in [0.15, 0.2) is 23.3 Å². The fourth-order valence-electron chi connectivity index (χ4n) is 6.16. The quantitative estimate of drug-likeness (QED) is 0.140. The van der Waals surface area contributed by atoms with Crippen molar-refractivity contribution in [3.8, 4) is 0 Å². The van der Waals surface area contributed by atoms with E-state index in [0.29, 0.717) is 25.1 Å². The number of amides is 1. The molecule has 0 radical (unpaired) electrons. The van der Waals surface area contributed by atoms with E-state index in [4.69, 9.17) is 5.73 Å². The fourth-order valence-corrected chi connectivity index (χ4v) is 6.16. The van der Waals surface area contributed by atoms with E-state index in [-0.39, 0.29) is 12.0 Å². The summed E-state index contributed by atoms with van der Waals surface area (Å²) < 4.78 is 73.0. The van der Waals surface area contributed by atoms with Gasteiger partial charge in [0.25, 0.3) is 5.82 Å². The maximum Gasteiger partial charge on any atom is 0.253 e. The monoisotopic (exact) mass is 540 g/mol. The van der Waals surface area contributed by atoms with Crippen LogP contribution in [-0.4, -0.2) is 10.5 Å². The lowest BCUT2D eigenvalue weighted by Crippen LogP contribution is -2.47. The largest absolute Gasteiger partial charge is 0.369 e. The molecule has 0 unspecified atom stereocenters. The summed E-state index contributed by atoms with van der Waals surface area (Å²) in [6.07, 6.45) is 5.26. The molecule has 3 aromatic carbocycles. The van der Waals surface area contributed by atoms with E-state index in [1.165, 1.54) is 4.57 Å². The third-order valence-electron chi connectivity index (χ3n) is 8.08. The Balaban J connectivity index is 1.49. The molecule has 1 aromatic heterocycles. The van der Waals surface area contributed by atoms with E-state index in [9.17, 15) is 26.7 Å². The first-order chi connectivity index (χ1) is 18.7. The number of aromatic nitrogens is 2. The van der Waals surface area contributed by atoms with Crippen molar-refractivity contribution in [2.24, 2.45) is 11.7 Å². The molecular formula is C30H27F5N3O+. The van der Waals surface area contributed by atoms with Crippen LogP contribution < -0.4 is 10.3 Å². The first kappa shape index (κ1) is 26.6. The molecule has 5 rings (SSSR count). The highest BCUT2D eigenvalue weighted by Gasteiger charge is 2.51. The SMILES string of the molecule is Cc1n([C@H]2CC[C@@H](C(C(N)=O)(c3ccccc3)c3ccccc3)C2)cc[n+]1Cc1c(F)c(F)c(F)c(F)c1F. The zero-order valence-electron chi connectivity index (χ0n) is 21.2. The number of benzene rings is 3. The molecule has 0 bridgehead atoms. The minimum Gasteiger partial charge on any atom is -0.369 e. The van der Waals surface area contributed by atoms with E-state index >= 15 is 0 Å². The highest BCUT2D eigenvalue weighted by molar-refractivity contribution is 5.91. The van der Waals surface area contributed by atoms with Gasteiger partial charge in [-0.3, -0.25) is 4.79 Å². The van der Waals surface area contributed by atoms with Gasteiger partial charge in [-0.1, -0.05) is 60.7 Å². The molecule has 2 N–H and O–H groups in total. The predicted octanol–water partition coefficient (Wildman–Crippen LogP) is 5.64. The zero-order chi connectivity index (χ0) is 27.9. The molecular weight excluding hydrogens is 513 g/mol. The Hall–Kier alpha value is -4.01. The van der Waals surface area contributed by atoms with Crippen molar-refractivity contribution in [1.29, 1.82) is 0 Å². The van der Waals surface area contributed by atoms with Crippen LogP contribution in [0.3, 0.4) is 0 Å². The highest BCUT2D eigenvalue weighted by Crippen LogP contribution is 2.50. The standard InChI is InChI=1S/C30H26F5N3O/c1-18-37(17-23-24(31)26(33)28(35)27(34)25(23)32)14-15-38(18)22-13-12-21(16-22)30(29(36)39,19-8-4-2-5-9-19)20-10-6-3-7-11-20/h2-11,14-15,21-22H,12-13,16-17H2,1H3,(H-,36,39)/p+1/t21-,22+/m1/s1. The van der Waals surface area contributed by atoms with Gasteiger partial charge in [-0.05, 0) is 36.3 Å². The number of carbonyl (C=O) groups is 1. The molecule has 39 heavy (non-hydrogen) atoms. The predicted molar refractivity (Wildman–Crippen MR) is 134 cm³/mol. The Morgan fingerprint density at radius 2 is 1.38 bits per heavy atom. The van der Waals surface area contributed by atoms with Crippen LogP contribution in [0.15, 0.2) is 73.1 Å². The Labute approximate surface area is 222 Å². The summed E-state index contributed by atoms with van der Waals surface area (Å²) in [4.78, 5) is 13.3. The number of imidazole rings is 1. The number of nitrogens with two attached hydrogens (primary N) is 1. The van der Waals surface area contributed by atoms with Crippen molar-refractivity contribution < 1.29 is 31.3 Å². The zero-order valence-corrected chi connectivity index (χ0v) is 21.2. The number of hydrogen-bond acceptors (Lipinski definition) is 1. The summed E-state index contributed by atoms with van der Waals surface area (Å²) in [6, 6.07) is 18.8. The van der Waals surface area contributed by atoms with E-state index in [1.807, 2.05) is 65.2 Å². The van der Waals surface area contributed by atoms with E-state index in [0.717, 1.165) is 11.1 Å². The van der Waals surface area contributed by atoms with Gasteiger partial charge in [-0.15, -0.1) is 0 Å². The third kappa shape index (κ3) is 4.30. The Kier molecular flexibility index (Phi) is 7.01. The average molecular weight is 541 g/mol. The topological polar surface area (TPSA) is 51.9 Å². The van der Waals surface area contributed by atoms with E-state index in [1.54, 1.807) is 19.3 Å². The van der Waals surface area contributed by atoms with Crippen molar-refractivity contribution in [3.05, 3.63) is 125 Å². The summed E-state index contributed by atoms with van der Waals surface area (Å²) in [7, 11) is 0. The summed E-state index contributed by atoms with van der Waals surface area (Å²) in [5, 5.41) is 0. The van der Waals surface area contributed by atoms with Gasteiger partial charge in [0, 0.05) is 6.92 Å². The minimum atomic E-state index is -2.18. The van der Waals surface area contributed by atoms with Crippen molar-refractivity contribution in [1.82, 2.24) is 4.57 Å². The first-order valence-corrected chi connectivity index (χ1v) is 12.7. The Morgan fingerprint density at radius 1 is 0.872 bits per heavy atom. The lowest BCUT2D eigenvalue weighted by atomic mass is 9.64. The molecule has 0 aliphatic heterocycles. The van der Waals surface area contributed by atoms with Crippen LogP contribution in [0.25, 0.3) is 0 Å². The van der Waals surface area contributed by atoms with Gasteiger partial charge in [0.2, 0.25) is 11.7 Å². The normalized spacial score (nSPS) is 17.5. The molecule has 202 valence electrons. The van der Waals surface area contributed by atoms with Gasteiger partial charge in [0.05, 0.1) is 5.56 Å². The highest BCUT2D eigenvalue weighted by atomic mass is 19.2. The summed E-state index contributed by atoms with van der Waals surface area (Å²) in [5.41, 5.74) is 5.82. The Bertz CT molecular complexity index is 1450. The number of rotatable bonds is 7. The van der Waals surface area contributed by atoms with Crippen molar-refractivity contribution in [3.63, 3.8) is 0 Å². The number of primary amides is 1. The van der Waals surface area contributed by atoms with Crippen molar-refractivity contribution in [2.45, 2.75) is 44.2 Å². The van der Waals surface area contributed by atoms with Gasteiger partial charge in [-0.2, -0.15) is 0 Å². The molecule has 0 saturated heterocycles. The number of hydrogen-bond donors (Lipinski definition) is 1. The molecule has 1 heterocycles. The maximum absolute atomic E-state index is 14.3. The molecule has 1 aliphatic carbocycles. The molecule has 1 aliphatic rings. The molecule has 1 amide bonds. The second-order valence-corrected chi connectivity index (χ2v) is 10.00. The van der Waals surface area contributed by atoms with Crippen LogP contribution in [0.5, 0.6) is 0 Å². The first-order valence-electron chi connectivity index (χ1n) is 12.7. The average Bonchev–Trinajstić information content (AvgIpc) is 3.57. The molecule has 2 atom stereocenters. The molecule has 9 heteroatoms. The number of carbonyl (C=O) groups excluding carboxylic acids is 1. The summed E-state index contributed by atoms with van der Waals surface area (Å²) in [5.74, 6) is -9.82. The van der Waals surface area contributed by atoms with Gasteiger partial charge < -0.3 is 5.73 Å². The van der Waals surface area contributed by atoms with Crippen LogP contribution in [0, 0.1) is 41.9 Å². The molecule has 4 aromatic rings. The second kappa shape index (κ2) is 10.3. The Morgan fingerprint density at radius 3 is 1.90 bits per heavy atom. The van der Waals surface area contributed by atoms with Gasteiger partial charge in [0.1, 0.15) is 30.4 Å². The van der Waals surface area contributed by atoms with Crippen LogP contribution in [0.4, 0.5) is 22.0 Å². The van der Waals surface area contributed by atoms with Crippen LogP contribution in [0.1, 0.15) is 47.8 Å². The second-order valence-electron chi connectivity index (χ2n) is 10.00. The van der Waals surface area contributed by atoms with Gasteiger partial charge >= 0.3 is 0 Å². The van der Waals surface area contributed by atoms with E-state index in [2.05, 4.69) is 0 Å². The van der Waals surface area contributed by atoms with Gasteiger partial charge in [-0.25, -0.2) is 31.1 Å². The molecule has 4 nitrogen and oxygen atoms in total. The molecule has 0 spiro atoms. The molecule has 1 saturated carbocycles. The fraction of sp³-hybridized carbons (Fsp3) is 0.267. The summed E-state index contributed by atoms with van der Waals surface area (Å²) in [6.45, 7) is 1.19. The van der Waals surface area contributed by atoms with E-state index < -0.39 is 52.5 Å². The summed E-state index contributed by atoms with van der Waals surface area (Å²) >= 11 is 0.